The number of halogens is 2. The summed E-state index contributed by atoms with van der Waals surface area (Å²) >= 11 is 0. The maximum atomic E-state index is 13.2. The van der Waals surface area contributed by atoms with E-state index in [0.717, 1.165) is 30.9 Å². The number of guanidine groups is 1. The van der Waals surface area contributed by atoms with Crippen LogP contribution >= 0.6 is 24.0 Å². The average molecular weight is 527 g/mol. The molecule has 1 atom stereocenters. The van der Waals surface area contributed by atoms with Crippen molar-refractivity contribution in [2.45, 2.75) is 12.5 Å². The zero-order valence-electron chi connectivity index (χ0n) is 17.0. The van der Waals surface area contributed by atoms with Crippen molar-refractivity contribution in [1.82, 2.24) is 10.6 Å². The number of hydrogen-bond donors (Lipinski definition) is 3. The number of carbonyl (C=O) groups is 1. The predicted octanol–water partition coefficient (Wildman–Crippen LogP) is 2.83. The first kappa shape index (κ1) is 23.7. The summed E-state index contributed by atoms with van der Waals surface area (Å²) in [6.07, 6.45) is 0.939. The molecule has 162 valence electrons. The highest BCUT2D eigenvalue weighted by atomic mass is 127. The first-order chi connectivity index (χ1) is 14.1. The number of aliphatic imine (C=N–C) groups is 1. The second-order valence-electron chi connectivity index (χ2n) is 6.73. The molecule has 7 nitrogen and oxygen atoms in total. The highest BCUT2D eigenvalue weighted by Crippen LogP contribution is 2.30. The lowest BCUT2D eigenvalue weighted by Crippen LogP contribution is -2.46. The molecule has 1 saturated heterocycles. The highest BCUT2D eigenvalue weighted by molar-refractivity contribution is 14.0. The van der Waals surface area contributed by atoms with E-state index in [2.05, 4.69) is 25.8 Å². The fourth-order valence-corrected chi connectivity index (χ4v) is 3.31. The number of para-hydroxylation sites is 2. The topological polar surface area (TPSA) is 78.0 Å². The van der Waals surface area contributed by atoms with Crippen molar-refractivity contribution in [1.29, 1.82) is 0 Å². The third kappa shape index (κ3) is 6.48. The lowest BCUT2D eigenvalue weighted by atomic mass is 10.2. The number of rotatable bonds is 6. The first-order valence-electron chi connectivity index (χ1n) is 9.49. The van der Waals surface area contributed by atoms with Gasteiger partial charge in [0.2, 0.25) is 5.91 Å². The standard InChI is InChI=1S/C21H26FN5O2.HI/c1-23-21(24-13-20(28)25-16-7-5-6-15(22)12-16)26-17-10-11-27(14-17)18-8-3-4-9-19(18)29-2;/h3-9,12,17H,10-11,13-14H2,1-2H3,(H,25,28)(H2,23,24,26);1H. The van der Waals surface area contributed by atoms with Crippen LogP contribution in [-0.2, 0) is 4.79 Å². The van der Waals surface area contributed by atoms with Gasteiger partial charge in [0.1, 0.15) is 11.6 Å². The number of anilines is 2. The minimum atomic E-state index is -0.394. The first-order valence-corrected chi connectivity index (χ1v) is 9.49. The second kappa shape index (κ2) is 11.6. The van der Waals surface area contributed by atoms with Crippen LogP contribution in [0.2, 0.25) is 0 Å². The van der Waals surface area contributed by atoms with Crippen LogP contribution in [0.3, 0.4) is 0 Å². The van der Waals surface area contributed by atoms with Crippen molar-refractivity contribution in [3.05, 3.63) is 54.3 Å². The van der Waals surface area contributed by atoms with Crippen LogP contribution in [-0.4, -0.2) is 51.7 Å². The van der Waals surface area contributed by atoms with Gasteiger partial charge in [-0.3, -0.25) is 9.79 Å². The molecule has 1 aliphatic rings. The molecule has 2 aromatic carbocycles. The van der Waals surface area contributed by atoms with E-state index >= 15 is 0 Å². The molecule has 0 saturated carbocycles. The summed E-state index contributed by atoms with van der Waals surface area (Å²) < 4.78 is 18.7. The molecule has 0 spiro atoms. The van der Waals surface area contributed by atoms with Crippen LogP contribution in [0, 0.1) is 5.82 Å². The maximum Gasteiger partial charge on any atom is 0.243 e. The Bertz CT molecular complexity index is 880. The zero-order valence-corrected chi connectivity index (χ0v) is 19.4. The summed E-state index contributed by atoms with van der Waals surface area (Å²) in [7, 11) is 3.33. The zero-order chi connectivity index (χ0) is 20.6. The number of nitrogens with zero attached hydrogens (tertiary/aromatic N) is 2. The molecular weight excluding hydrogens is 500 g/mol. The van der Waals surface area contributed by atoms with Crippen molar-refractivity contribution in [2.75, 3.05) is 44.0 Å². The molecule has 1 heterocycles. The summed E-state index contributed by atoms with van der Waals surface area (Å²) in [5, 5.41) is 9.00. The van der Waals surface area contributed by atoms with Crippen LogP contribution in [0.1, 0.15) is 6.42 Å². The molecule has 0 aliphatic carbocycles. The van der Waals surface area contributed by atoms with Gasteiger partial charge in [-0.1, -0.05) is 18.2 Å². The van der Waals surface area contributed by atoms with Gasteiger partial charge in [0, 0.05) is 31.9 Å². The second-order valence-corrected chi connectivity index (χ2v) is 6.73. The number of ether oxygens (including phenoxy) is 1. The van der Waals surface area contributed by atoms with Crippen LogP contribution in [0.15, 0.2) is 53.5 Å². The van der Waals surface area contributed by atoms with E-state index in [9.17, 15) is 9.18 Å². The van der Waals surface area contributed by atoms with E-state index < -0.39 is 5.82 Å². The number of carbonyl (C=O) groups excluding carboxylic acids is 1. The van der Waals surface area contributed by atoms with Gasteiger partial charge in [-0.2, -0.15) is 0 Å². The Morgan fingerprint density at radius 2 is 2.07 bits per heavy atom. The smallest absolute Gasteiger partial charge is 0.243 e. The van der Waals surface area contributed by atoms with Crippen LogP contribution < -0.4 is 25.6 Å². The Morgan fingerprint density at radius 1 is 1.27 bits per heavy atom. The molecule has 0 aromatic heterocycles. The number of benzene rings is 2. The van der Waals surface area contributed by atoms with Gasteiger partial charge in [-0.25, -0.2) is 4.39 Å². The molecular formula is C21H27FIN5O2. The predicted molar refractivity (Wildman–Crippen MR) is 129 cm³/mol. The van der Waals surface area contributed by atoms with Crippen LogP contribution in [0.4, 0.5) is 15.8 Å². The van der Waals surface area contributed by atoms with Crippen molar-refractivity contribution in [3.63, 3.8) is 0 Å². The largest absolute Gasteiger partial charge is 0.495 e. The minimum absolute atomic E-state index is 0. The molecule has 0 radical (unpaired) electrons. The third-order valence-electron chi connectivity index (χ3n) is 4.70. The molecule has 3 rings (SSSR count). The van der Waals surface area contributed by atoms with Crippen molar-refractivity contribution < 1.29 is 13.9 Å². The maximum absolute atomic E-state index is 13.2. The van der Waals surface area contributed by atoms with Crippen molar-refractivity contribution in [2.24, 2.45) is 4.99 Å². The van der Waals surface area contributed by atoms with Crippen molar-refractivity contribution >= 4 is 47.2 Å². The highest BCUT2D eigenvalue weighted by Gasteiger charge is 2.25. The lowest BCUT2D eigenvalue weighted by molar-refractivity contribution is -0.115. The van der Waals surface area contributed by atoms with E-state index in [1.807, 2.05) is 24.3 Å². The fraction of sp³-hybridized carbons (Fsp3) is 0.333. The average Bonchev–Trinajstić information content (AvgIpc) is 3.19. The third-order valence-corrected chi connectivity index (χ3v) is 4.70. The number of nitrogens with one attached hydrogen (secondary N) is 3. The van der Waals surface area contributed by atoms with Gasteiger partial charge < -0.3 is 25.6 Å². The van der Waals surface area contributed by atoms with Gasteiger partial charge in [0.15, 0.2) is 5.96 Å². The normalized spacial score (nSPS) is 15.9. The van der Waals surface area contributed by atoms with Gasteiger partial charge in [0.05, 0.1) is 19.3 Å². The van der Waals surface area contributed by atoms with E-state index in [4.69, 9.17) is 4.74 Å². The Balaban J connectivity index is 0.00000320. The minimum Gasteiger partial charge on any atom is -0.495 e. The quantitative estimate of drug-likeness (QED) is 0.306. The molecule has 1 unspecified atom stereocenters. The summed E-state index contributed by atoms with van der Waals surface area (Å²) in [4.78, 5) is 18.5. The summed E-state index contributed by atoms with van der Waals surface area (Å²) in [5.41, 5.74) is 1.49. The van der Waals surface area contributed by atoms with Crippen molar-refractivity contribution in [3.8, 4) is 5.75 Å². The van der Waals surface area contributed by atoms with Gasteiger partial charge in [-0.15, -0.1) is 24.0 Å². The molecule has 9 heteroatoms. The molecule has 0 bridgehead atoms. The number of amides is 1. The van der Waals surface area contributed by atoms with Gasteiger partial charge in [-0.05, 0) is 36.8 Å². The molecule has 1 amide bonds. The van der Waals surface area contributed by atoms with Gasteiger partial charge in [0.25, 0.3) is 0 Å². The molecule has 2 aromatic rings. The fourth-order valence-electron chi connectivity index (χ4n) is 3.31. The SMILES string of the molecule is CN=C(NCC(=O)Nc1cccc(F)c1)NC1CCN(c2ccccc2OC)C1.I. The summed E-state index contributed by atoms with van der Waals surface area (Å²) in [6, 6.07) is 13.9. The van der Waals surface area contributed by atoms with Crippen LogP contribution in [0.25, 0.3) is 0 Å². The van der Waals surface area contributed by atoms with E-state index in [-0.39, 0.29) is 42.5 Å². The lowest BCUT2D eigenvalue weighted by Gasteiger charge is -2.22. The van der Waals surface area contributed by atoms with Gasteiger partial charge >= 0.3 is 0 Å². The van der Waals surface area contributed by atoms with Crippen LogP contribution in [0.5, 0.6) is 5.75 Å². The molecule has 30 heavy (non-hydrogen) atoms. The van der Waals surface area contributed by atoms with E-state index in [1.165, 1.54) is 12.1 Å². The number of hydrogen-bond acceptors (Lipinski definition) is 4. The van der Waals surface area contributed by atoms with E-state index in [0.29, 0.717) is 11.6 Å². The Morgan fingerprint density at radius 3 is 2.80 bits per heavy atom. The molecule has 1 fully saturated rings. The van der Waals surface area contributed by atoms with E-state index in [1.54, 1.807) is 26.3 Å². The monoisotopic (exact) mass is 527 g/mol. The summed E-state index contributed by atoms with van der Waals surface area (Å²) in [5.74, 6) is 0.727. The molecule has 3 N–H and O–H groups in total. The Kier molecular flexibility index (Phi) is 9.15. The Hall–Kier alpha value is -2.56. The molecule has 1 aliphatic heterocycles. The Labute approximate surface area is 193 Å². The number of methoxy groups -OCH3 is 1. The summed E-state index contributed by atoms with van der Waals surface area (Å²) in [6.45, 7) is 1.73.